The van der Waals surface area contributed by atoms with Gasteiger partial charge in [-0.3, -0.25) is 0 Å². The molecule has 20 heavy (non-hydrogen) atoms. The summed E-state index contributed by atoms with van der Waals surface area (Å²) in [6, 6.07) is 0.725. The molecule has 0 radical (unpaired) electrons. The van der Waals surface area contributed by atoms with Crippen LogP contribution >= 0.6 is 0 Å². The molecular formula is C18H33N2+. The highest BCUT2D eigenvalue weighted by Crippen LogP contribution is 2.60. The Kier molecular flexibility index (Phi) is 3.98. The van der Waals surface area contributed by atoms with E-state index in [2.05, 4.69) is 38.4 Å². The van der Waals surface area contributed by atoms with Crippen LogP contribution in [0.1, 0.15) is 46.0 Å². The lowest BCUT2D eigenvalue weighted by Crippen LogP contribution is -2.51. The van der Waals surface area contributed by atoms with Crippen molar-refractivity contribution in [1.29, 1.82) is 0 Å². The Hall–Kier alpha value is -0.340. The van der Waals surface area contributed by atoms with Crippen LogP contribution in [0.3, 0.4) is 0 Å². The molecule has 2 fully saturated rings. The van der Waals surface area contributed by atoms with Gasteiger partial charge in [0.05, 0.1) is 26.7 Å². The van der Waals surface area contributed by atoms with Crippen LogP contribution in [0.2, 0.25) is 0 Å². The van der Waals surface area contributed by atoms with Gasteiger partial charge in [-0.2, -0.15) is 0 Å². The van der Waals surface area contributed by atoms with Gasteiger partial charge in [-0.05, 0) is 38.0 Å². The normalized spacial score (nSPS) is 42.4. The summed E-state index contributed by atoms with van der Waals surface area (Å²) in [4.78, 5) is 0. The second-order valence-corrected chi connectivity index (χ2v) is 7.89. The lowest BCUT2D eigenvalue weighted by atomic mass is 9.53. The van der Waals surface area contributed by atoms with Crippen molar-refractivity contribution in [3.8, 4) is 0 Å². The second-order valence-electron chi connectivity index (χ2n) is 7.89. The molecular weight excluding hydrogens is 244 g/mol. The predicted molar refractivity (Wildman–Crippen MR) is 85.6 cm³/mol. The minimum Gasteiger partial charge on any atom is -0.324 e. The average molecular weight is 277 g/mol. The van der Waals surface area contributed by atoms with Crippen LogP contribution in [0.25, 0.3) is 0 Å². The van der Waals surface area contributed by atoms with E-state index in [-0.39, 0.29) is 0 Å². The lowest BCUT2D eigenvalue weighted by molar-refractivity contribution is -0.901. The molecule has 2 heteroatoms. The van der Waals surface area contributed by atoms with Gasteiger partial charge in [0.1, 0.15) is 0 Å². The smallest absolute Gasteiger partial charge is 0.0911 e. The van der Waals surface area contributed by atoms with Crippen LogP contribution < -0.4 is 5.32 Å². The van der Waals surface area contributed by atoms with E-state index in [9.17, 15) is 0 Å². The molecule has 1 N–H and O–H groups in total. The molecule has 3 aliphatic rings. The van der Waals surface area contributed by atoms with E-state index in [1.165, 1.54) is 62.8 Å². The number of nitrogens with zero attached hydrogens (tertiary/aromatic N) is 1. The highest BCUT2D eigenvalue weighted by atomic mass is 15.4. The molecule has 0 bridgehead atoms. The van der Waals surface area contributed by atoms with Gasteiger partial charge in [-0.15, -0.1) is 0 Å². The van der Waals surface area contributed by atoms with Crippen molar-refractivity contribution in [2.75, 3.05) is 33.2 Å². The maximum absolute atomic E-state index is 3.76. The summed E-state index contributed by atoms with van der Waals surface area (Å²) in [6.45, 7) is 9.98. The van der Waals surface area contributed by atoms with Crippen LogP contribution in [0.15, 0.2) is 12.2 Å². The van der Waals surface area contributed by atoms with E-state index in [1.54, 1.807) is 0 Å². The van der Waals surface area contributed by atoms with E-state index in [1.807, 2.05) is 0 Å². The maximum atomic E-state index is 3.76. The van der Waals surface area contributed by atoms with Gasteiger partial charge in [-0.25, -0.2) is 0 Å². The van der Waals surface area contributed by atoms with Gasteiger partial charge in [0.15, 0.2) is 0 Å². The Morgan fingerprint density at radius 1 is 1.35 bits per heavy atom. The lowest BCUT2D eigenvalue weighted by Gasteiger charge is -2.50. The molecule has 1 saturated carbocycles. The topological polar surface area (TPSA) is 12.0 Å². The highest BCUT2D eigenvalue weighted by molar-refractivity contribution is 5.15. The maximum Gasteiger partial charge on any atom is 0.0911 e. The molecule has 1 spiro atoms. The third kappa shape index (κ3) is 2.35. The molecule has 1 aliphatic heterocycles. The third-order valence-corrected chi connectivity index (χ3v) is 6.67. The summed E-state index contributed by atoms with van der Waals surface area (Å²) >= 11 is 0. The van der Waals surface area contributed by atoms with Crippen molar-refractivity contribution in [3.05, 3.63) is 12.2 Å². The third-order valence-electron chi connectivity index (χ3n) is 6.67. The Balaban J connectivity index is 1.56. The summed E-state index contributed by atoms with van der Waals surface area (Å²) < 4.78 is 1.32. The molecule has 2 aliphatic carbocycles. The van der Waals surface area contributed by atoms with Crippen LogP contribution in [-0.4, -0.2) is 43.8 Å². The number of hydrogen-bond acceptors (Lipinski definition) is 1. The standard InChI is InChI=1S/C18H33N2/c1-4-17(5-2)19-11-12-20(3)13-16-8-6-7-15-9-10-18(15,16)14-20/h6-7,15-17,19H,4-5,8-14H2,1-3H3/q+1. The summed E-state index contributed by atoms with van der Waals surface area (Å²) in [7, 11) is 2.51. The summed E-state index contributed by atoms with van der Waals surface area (Å²) in [6.07, 6.45) is 11.9. The van der Waals surface area contributed by atoms with E-state index < -0.39 is 0 Å². The Morgan fingerprint density at radius 3 is 2.75 bits per heavy atom. The van der Waals surface area contributed by atoms with E-state index >= 15 is 0 Å². The molecule has 4 atom stereocenters. The highest BCUT2D eigenvalue weighted by Gasteiger charge is 2.61. The van der Waals surface area contributed by atoms with E-state index in [0.717, 1.165) is 17.9 Å². The van der Waals surface area contributed by atoms with Crippen molar-refractivity contribution in [2.24, 2.45) is 17.3 Å². The van der Waals surface area contributed by atoms with Crippen molar-refractivity contribution in [2.45, 2.75) is 52.0 Å². The minimum atomic E-state index is 0.707. The molecule has 0 amide bonds. The number of nitrogens with one attached hydrogen (secondary N) is 1. The van der Waals surface area contributed by atoms with Gasteiger partial charge >= 0.3 is 0 Å². The van der Waals surface area contributed by atoms with Crippen molar-refractivity contribution in [1.82, 2.24) is 5.32 Å². The van der Waals surface area contributed by atoms with Gasteiger partial charge in [-0.1, -0.05) is 26.0 Å². The first-order valence-electron chi connectivity index (χ1n) is 8.85. The van der Waals surface area contributed by atoms with Crippen LogP contribution in [-0.2, 0) is 0 Å². The van der Waals surface area contributed by atoms with Crippen molar-refractivity contribution >= 4 is 0 Å². The van der Waals surface area contributed by atoms with Gasteiger partial charge in [0.25, 0.3) is 0 Å². The van der Waals surface area contributed by atoms with Crippen molar-refractivity contribution < 1.29 is 4.48 Å². The molecule has 4 unspecified atom stereocenters. The molecule has 1 heterocycles. The Labute approximate surface area is 125 Å². The largest absolute Gasteiger partial charge is 0.324 e. The fourth-order valence-corrected chi connectivity index (χ4v) is 5.29. The van der Waals surface area contributed by atoms with Gasteiger partial charge in [0, 0.05) is 23.9 Å². The number of likely N-dealkylation sites (N-methyl/N-ethyl adjacent to an activating group) is 1. The van der Waals surface area contributed by atoms with Crippen LogP contribution in [0.5, 0.6) is 0 Å². The first kappa shape index (κ1) is 14.6. The van der Waals surface area contributed by atoms with E-state index in [4.69, 9.17) is 0 Å². The number of hydrogen-bond donors (Lipinski definition) is 1. The molecule has 1 saturated heterocycles. The molecule has 2 nitrogen and oxygen atoms in total. The Morgan fingerprint density at radius 2 is 2.15 bits per heavy atom. The zero-order valence-electron chi connectivity index (χ0n) is 13.7. The number of likely N-dealkylation sites (tertiary alicyclic amines) is 1. The number of quaternary nitrogens is 1. The second kappa shape index (κ2) is 5.46. The summed E-state index contributed by atoms with van der Waals surface area (Å²) in [5.74, 6) is 1.90. The molecule has 0 aromatic carbocycles. The Bertz CT molecular complexity index is 374. The summed E-state index contributed by atoms with van der Waals surface area (Å²) in [5.41, 5.74) is 0.707. The molecule has 3 rings (SSSR count). The zero-order valence-corrected chi connectivity index (χ0v) is 13.7. The minimum absolute atomic E-state index is 0.707. The molecule has 0 aromatic rings. The van der Waals surface area contributed by atoms with Gasteiger partial charge < -0.3 is 9.80 Å². The quantitative estimate of drug-likeness (QED) is 0.581. The summed E-state index contributed by atoms with van der Waals surface area (Å²) in [5, 5.41) is 3.76. The monoisotopic (exact) mass is 277 g/mol. The van der Waals surface area contributed by atoms with Crippen molar-refractivity contribution in [3.63, 3.8) is 0 Å². The number of rotatable bonds is 6. The van der Waals surface area contributed by atoms with Crippen LogP contribution in [0.4, 0.5) is 0 Å². The number of allylic oxidation sites excluding steroid dienone is 2. The average Bonchev–Trinajstić information content (AvgIpc) is 2.74. The zero-order chi connectivity index (χ0) is 14.2. The fraction of sp³-hybridized carbons (Fsp3) is 0.889. The molecule has 0 aromatic heterocycles. The molecule has 114 valence electrons. The first-order chi connectivity index (χ1) is 9.62. The SMILES string of the molecule is CCC(CC)NCC[N+]1(C)CC2CC=CC3CCC32C1. The van der Waals surface area contributed by atoms with Gasteiger partial charge in [0.2, 0.25) is 0 Å². The van der Waals surface area contributed by atoms with E-state index in [0.29, 0.717) is 5.41 Å². The predicted octanol–water partition coefficient (Wildman–Crippen LogP) is 3.20. The first-order valence-corrected chi connectivity index (χ1v) is 8.85. The van der Waals surface area contributed by atoms with Crippen LogP contribution in [0, 0.1) is 17.3 Å². The fourth-order valence-electron chi connectivity index (χ4n) is 5.29.